The number of piperazine rings is 1. The van der Waals surface area contributed by atoms with Gasteiger partial charge in [-0.2, -0.15) is 0 Å². The highest BCUT2D eigenvalue weighted by atomic mass is 35.5. The van der Waals surface area contributed by atoms with Gasteiger partial charge >= 0.3 is 0 Å². The molecular weight excluding hydrogens is 497 g/mol. The van der Waals surface area contributed by atoms with E-state index in [1.165, 1.54) is 0 Å². The number of nitrogens with zero attached hydrogens (tertiary/aromatic N) is 2. The molecule has 0 saturated carbocycles. The highest BCUT2D eigenvalue weighted by Crippen LogP contribution is 2.29. The van der Waals surface area contributed by atoms with Crippen LogP contribution in [-0.2, 0) is 0 Å². The van der Waals surface area contributed by atoms with Crippen LogP contribution in [0.1, 0.15) is 20.9 Å². The van der Waals surface area contributed by atoms with Crippen molar-refractivity contribution in [2.24, 2.45) is 0 Å². The first kappa shape index (κ1) is 24.0. The van der Waals surface area contributed by atoms with E-state index >= 15 is 0 Å². The highest BCUT2D eigenvalue weighted by Gasteiger charge is 2.24. The fourth-order valence-electron chi connectivity index (χ4n) is 4.19. The second-order valence-electron chi connectivity index (χ2n) is 8.43. The number of benzene rings is 3. The van der Waals surface area contributed by atoms with Crippen LogP contribution in [0.3, 0.4) is 0 Å². The van der Waals surface area contributed by atoms with Gasteiger partial charge in [-0.3, -0.25) is 9.59 Å². The van der Waals surface area contributed by atoms with Gasteiger partial charge in [-0.25, -0.2) is 0 Å². The summed E-state index contributed by atoms with van der Waals surface area (Å²) >= 11 is 11.9. The lowest BCUT2D eigenvalue weighted by Crippen LogP contribution is -2.49. The first-order chi connectivity index (χ1) is 17.5. The zero-order valence-corrected chi connectivity index (χ0v) is 20.8. The number of hydrogen-bond acceptors (Lipinski definition) is 4. The Morgan fingerprint density at radius 1 is 0.750 bits per heavy atom. The van der Waals surface area contributed by atoms with E-state index in [9.17, 15) is 9.59 Å². The van der Waals surface area contributed by atoms with E-state index in [1.54, 1.807) is 48.5 Å². The van der Waals surface area contributed by atoms with Crippen LogP contribution in [-0.4, -0.2) is 42.9 Å². The van der Waals surface area contributed by atoms with Gasteiger partial charge in [0.2, 0.25) is 0 Å². The Morgan fingerprint density at radius 2 is 1.39 bits per heavy atom. The van der Waals surface area contributed by atoms with Crippen LogP contribution >= 0.6 is 23.2 Å². The summed E-state index contributed by atoms with van der Waals surface area (Å²) in [6.45, 7) is 2.44. The summed E-state index contributed by atoms with van der Waals surface area (Å²) in [6, 6.07) is 25.2. The number of carbonyl (C=O) groups is 2. The van der Waals surface area contributed by atoms with Crippen molar-refractivity contribution >= 4 is 46.4 Å². The van der Waals surface area contributed by atoms with Crippen LogP contribution in [0, 0.1) is 0 Å². The Bertz CT molecular complexity index is 1380. The second-order valence-corrected chi connectivity index (χ2v) is 9.30. The Kier molecular flexibility index (Phi) is 6.98. The molecule has 2 amide bonds. The van der Waals surface area contributed by atoms with Crippen LogP contribution in [0.5, 0.6) is 0 Å². The molecule has 182 valence electrons. The predicted octanol–water partition coefficient (Wildman–Crippen LogP) is 6.47. The molecule has 1 aromatic heterocycles. The summed E-state index contributed by atoms with van der Waals surface area (Å²) in [5.74, 6) is 0.459. The molecule has 0 aliphatic carbocycles. The monoisotopic (exact) mass is 519 g/mol. The minimum Gasteiger partial charge on any atom is -0.451 e. The number of halogens is 2. The maximum atomic E-state index is 13.0. The van der Waals surface area contributed by atoms with Crippen molar-refractivity contribution < 1.29 is 14.0 Å². The van der Waals surface area contributed by atoms with Gasteiger partial charge < -0.3 is 19.5 Å². The van der Waals surface area contributed by atoms with Gasteiger partial charge in [0.05, 0.1) is 11.4 Å². The van der Waals surface area contributed by atoms with E-state index < -0.39 is 0 Å². The zero-order valence-electron chi connectivity index (χ0n) is 19.3. The average molecular weight is 520 g/mol. The number of furan rings is 1. The molecule has 3 aromatic carbocycles. The maximum Gasteiger partial charge on any atom is 0.291 e. The van der Waals surface area contributed by atoms with Crippen molar-refractivity contribution in [1.82, 2.24) is 4.90 Å². The number of hydrogen-bond donors (Lipinski definition) is 1. The smallest absolute Gasteiger partial charge is 0.291 e. The zero-order chi connectivity index (χ0) is 25.1. The van der Waals surface area contributed by atoms with Gasteiger partial charge in [0.25, 0.3) is 11.8 Å². The first-order valence-corrected chi connectivity index (χ1v) is 12.3. The standard InChI is InChI=1S/C28H23Cl2N3O3/c29-21-9-5-19(6-10-21)25-13-14-26(36-25)27(34)31-23-3-1-2-4-24(23)32-15-17-33(18-16-32)28(35)20-7-11-22(30)12-8-20/h1-14H,15-18H2,(H,31,34). The van der Waals surface area contributed by atoms with Gasteiger partial charge in [-0.1, -0.05) is 35.3 Å². The number of amides is 2. The maximum absolute atomic E-state index is 13.0. The third-order valence-corrected chi connectivity index (χ3v) is 6.61. The molecule has 0 atom stereocenters. The van der Waals surface area contributed by atoms with Gasteiger partial charge in [0.15, 0.2) is 5.76 Å². The van der Waals surface area contributed by atoms with Crippen LogP contribution in [0.4, 0.5) is 11.4 Å². The van der Waals surface area contributed by atoms with E-state index in [1.807, 2.05) is 41.3 Å². The van der Waals surface area contributed by atoms with Crippen molar-refractivity contribution in [1.29, 1.82) is 0 Å². The normalized spacial score (nSPS) is 13.5. The van der Waals surface area contributed by atoms with Crippen LogP contribution in [0.25, 0.3) is 11.3 Å². The van der Waals surface area contributed by atoms with Crippen molar-refractivity contribution in [3.05, 3.63) is 106 Å². The van der Waals surface area contributed by atoms with Crippen LogP contribution in [0.2, 0.25) is 10.0 Å². The summed E-state index contributed by atoms with van der Waals surface area (Å²) in [6.07, 6.45) is 0. The quantitative estimate of drug-likeness (QED) is 0.328. The highest BCUT2D eigenvalue weighted by molar-refractivity contribution is 6.31. The van der Waals surface area contributed by atoms with E-state index in [0.29, 0.717) is 53.2 Å². The molecule has 8 heteroatoms. The van der Waals surface area contributed by atoms with Crippen molar-refractivity contribution in [3.63, 3.8) is 0 Å². The number of para-hydroxylation sites is 2. The molecule has 6 nitrogen and oxygen atoms in total. The van der Waals surface area contributed by atoms with Gasteiger partial charge in [-0.15, -0.1) is 0 Å². The minimum atomic E-state index is -0.334. The molecular formula is C28H23Cl2N3O3. The lowest BCUT2D eigenvalue weighted by Gasteiger charge is -2.37. The number of nitrogens with one attached hydrogen (secondary N) is 1. The van der Waals surface area contributed by atoms with Crippen molar-refractivity contribution in [3.8, 4) is 11.3 Å². The van der Waals surface area contributed by atoms with Crippen molar-refractivity contribution in [2.45, 2.75) is 0 Å². The van der Waals surface area contributed by atoms with E-state index in [4.69, 9.17) is 27.6 Å². The third-order valence-electron chi connectivity index (χ3n) is 6.11. The van der Waals surface area contributed by atoms with E-state index in [-0.39, 0.29) is 17.6 Å². The summed E-state index contributed by atoms with van der Waals surface area (Å²) in [7, 11) is 0. The lowest BCUT2D eigenvalue weighted by molar-refractivity contribution is 0.0746. The molecule has 36 heavy (non-hydrogen) atoms. The van der Waals surface area contributed by atoms with E-state index in [0.717, 1.165) is 11.3 Å². The molecule has 4 aromatic rings. The molecule has 1 aliphatic heterocycles. The van der Waals surface area contributed by atoms with Gasteiger partial charge in [0, 0.05) is 47.4 Å². The SMILES string of the molecule is O=C(Nc1ccccc1N1CCN(C(=O)c2ccc(Cl)cc2)CC1)c1ccc(-c2ccc(Cl)cc2)o1. The predicted molar refractivity (Wildman–Crippen MR) is 143 cm³/mol. The molecule has 2 heterocycles. The van der Waals surface area contributed by atoms with Gasteiger partial charge in [0.1, 0.15) is 5.76 Å². The Balaban J connectivity index is 1.25. The molecule has 1 aliphatic rings. The summed E-state index contributed by atoms with van der Waals surface area (Å²) in [4.78, 5) is 29.8. The Hall–Kier alpha value is -3.74. The number of anilines is 2. The number of carbonyl (C=O) groups excluding carboxylic acids is 2. The molecule has 1 N–H and O–H groups in total. The largest absolute Gasteiger partial charge is 0.451 e. The molecule has 5 rings (SSSR count). The summed E-state index contributed by atoms with van der Waals surface area (Å²) in [5.41, 5.74) is 3.04. The minimum absolute atomic E-state index is 0.0118. The number of rotatable bonds is 5. The fraction of sp³-hybridized carbons (Fsp3) is 0.143. The van der Waals surface area contributed by atoms with Crippen LogP contribution in [0.15, 0.2) is 89.3 Å². The average Bonchev–Trinajstić information content (AvgIpc) is 3.40. The topological polar surface area (TPSA) is 65.8 Å². The Labute approximate surface area is 219 Å². The molecule has 0 unspecified atom stereocenters. The summed E-state index contributed by atoms with van der Waals surface area (Å²) in [5, 5.41) is 4.21. The molecule has 1 fully saturated rings. The van der Waals surface area contributed by atoms with Crippen LogP contribution < -0.4 is 10.2 Å². The fourth-order valence-corrected chi connectivity index (χ4v) is 4.45. The second kappa shape index (κ2) is 10.5. The van der Waals surface area contributed by atoms with E-state index in [2.05, 4.69) is 10.2 Å². The van der Waals surface area contributed by atoms with Gasteiger partial charge in [-0.05, 0) is 72.8 Å². The Morgan fingerprint density at radius 3 is 2.08 bits per heavy atom. The molecule has 0 bridgehead atoms. The lowest BCUT2D eigenvalue weighted by atomic mass is 10.1. The molecule has 0 radical (unpaired) electrons. The molecule has 1 saturated heterocycles. The molecule has 0 spiro atoms. The third kappa shape index (κ3) is 5.25. The summed E-state index contributed by atoms with van der Waals surface area (Å²) < 4.78 is 5.80. The first-order valence-electron chi connectivity index (χ1n) is 11.5. The van der Waals surface area contributed by atoms with Crippen molar-refractivity contribution in [2.75, 3.05) is 36.4 Å².